The molecule has 4 unspecified atom stereocenters. The minimum atomic E-state index is -0.108. The lowest BCUT2D eigenvalue weighted by Crippen LogP contribution is -2.71. The fourth-order valence-corrected chi connectivity index (χ4v) is 5.57. The summed E-state index contributed by atoms with van der Waals surface area (Å²) in [6.45, 7) is 5.99. The Morgan fingerprint density at radius 1 is 1.35 bits per heavy atom. The number of amides is 3. The van der Waals surface area contributed by atoms with Gasteiger partial charge >= 0.3 is 6.03 Å². The van der Waals surface area contributed by atoms with Gasteiger partial charge in [0.25, 0.3) is 0 Å². The summed E-state index contributed by atoms with van der Waals surface area (Å²) in [4.78, 5) is 26.9. The van der Waals surface area contributed by atoms with Crippen LogP contribution in [0.1, 0.15) is 52.4 Å². The SMILES string of the molecule is CC(C)C1N(C(=O)NC2CCC(=O)NC2C2CCCO2)CC12CC=CC2. The van der Waals surface area contributed by atoms with Crippen LogP contribution >= 0.6 is 0 Å². The van der Waals surface area contributed by atoms with Crippen LogP contribution in [-0.4, -0.2) is 54.2 Å². The number of nitrogens with one attached hydrogen (secondary N) is 2. The molecule has 3 fully saturated rings. The van der Waals surface area contributed by atoms with Crippen molar-refractivity contribution in [2.45, 2.75) is 76.6 Å². The Bertz CT molecular complexity index is 589. The number of hydrogen-bond acceptors (Lipinski definition) is 3. The van der Waals surface area contributed by atoms with Crippen molar-refractivity contribution in [2.24, 2.45) is 11.3 Å². The molecule has 6 nitrogen and oxygen atoms in total. The summed E-state index contributed by atoms with van der Waals surface area (Å²) in [6, 6.07) is 0.153. The van der Waals surface area contributed by atoms with E-state index >= 15 is 0 Å². The maximum absolute atomic E-state index is 13.0. The summed E-state index contributed by atoms with van der Waals surface area (Å²) < 4.78 is 5.80. The Balaban J connectivity index is 1.42. The summed E-state index contributed by atoms with van der Waals surface area (Å²) >= 11 is 0. The van der Waals surface area contributed by atoms with Gasteiger partial charge in [-0.15, -0.1) is 0 Å². The molecule has 1 spiro atoms. The van der Waals surface area contributed by atoms with E-state index in [0.29, 0.717) is 18.8 Å². The molecule has 0 radical (unpaired) electrons. The van der Waals surface area contributed by atoms with Crippen LogP contribution in [0, 0.1) is 11.3 Å². The zero-order valence-electron chi connectivity index (χ0n) is 15.9. The molecule has 3 heterocycles. The quantitative estimate of drug-likeness (QED) is 0.757. The standard InChI is InChI=1S/C20H31N3O3/c1-13(2)18-20(9-3-4-10-20)12-23(18)19(25)21-14-7-8-16(24)22-17(14)15-6-5-11-26-15/h3-4,13-15,17-18H,5-12H2,1-2H3,(H,21,25)(H,22,24). The van der Waals surface area contributed by atoms with Crippen LogP contribution in [0.15, 0.2) is 12.2 Å². The lowest BCUT2D eigenvalue weighted by molar-refractivity contribution is -0.125. The number of rotatable bonds is 3. The third kappa shape index (κ3) is 3.02. The Labute approximate surface area is 155 Å². The van der Waals surface area contributed by atoms with E-state index < -0.39 is 0 Å². The molecule has 6 heteroatoms. The van der Waals surface area contributed by atoms with Gasteiger partial charge in [-0.05, 0) is 38.0 Å². The van der Waals surface area contributed by atoms with Crippen molar-refractivity contribution >= 4 is 11.9 Å². The zero-order chi connectivity index (χ0) is 18.3. The summed E-state index contributed by atoms with van der Waals surface area (Å²) in [5.74, 6) is 0.505. The number of nitrogens with zero attached hydrogens (tertiary/aromatic N) is 1. The Hall–Kier alpha value is -1.56. The smallest absolute Gasteiger partial charge is 0.317 e. The van der Waals surface area contributed by atoms with E-state index in [1.807, 2.05) is 4.90 Å². The minimum Gasteiger partial charge on any atom is -0.376 e. The molecule has 4 aliphatic rings. The molecule has 4 atom stereocenters. The second kappa shape index (κ2) is 6.87. The third-order valence-corrected chi connectivity index (χ3v) is 6.67. The van der Waals surface area contributed by atoms with E-state index in [0.717, 1.165) is 38.8 Å². The highest BCUT2D eigenvalue weighted by Crippen LogP contribution is 2.50. The molecule has 1 aliphatic carbocycles. The van der Waals surface area contributed by atoms with Crippen molar-refractivity contribution in [1.82, 2.24) is 15.5 Å². The van der Waals surface area contributed by atoms with Gasteiger partial charge in [0.15, 0.2) is 0 Å². The molecule has 3 aliphatic heterocycles. The monoisotopic (exact) mass is 361 g/mol. The van der Waals surface area contributed by atoms with Crippen molar-refractivity contribution < 1.29 is 14.3 Å². The fraction of sp³-hybridized carbons (Fsp3) is 0.800. The van der Waals surface area contributed by atoms with E-state index in [1.54, 1.807) is 0 Å². The Morgan fingerprint density at radius 3 is 2.77 bits per heavy atom. The van der Waals surface area contributed by atoms with Crippen LogP contribution in [0.2, 0.25) is 0 Å². The molecule has 0 aromatic heterocycles. The first kappa shape index (κ1) is 17.8. The number of piperidine rings is 1. The van der Waals surface area contributed by atoms with Gasteiger partial charge in [0.2, 0.25) is 5.91 Å². The van der Waals surface area contributed by atoms with Crippen LogP contribution in [-0.2, 0) is 9.53 Å². The van der Waals surface area contributed by atoms with Crippen LogP contribution in [0.5, 0.6) is 0 Å². The first-order chi connectivity index (χ1) is 12.5. The highest BCUT2D eigenvalue weighted by Gasteiger charge is 2.55. The van der Waals surface area contributed by atoms with Gasteiger partial charge in [-0.1, -0.05) is 26.0 Å². The van der Waals surface area contributed by atoms with Crippen molar-refractivity contribution in [2.75, 3.05) is 13.2 Å². The Kier molecular flexibility index (Phi) is 4.71. The maximum atomic E-state index is 13.0. The topological polar surface area (TPSA) is 70.7 Å². The number of allylic oxidation sites excluding steroid dienone is 2. The lowest BCUT2D eigenvalue weighted by Gasteiger charge is -2.58. The van der Waals surface area contributed by atoms with E-state index in [9.17, 15) is 9.59 Å². The van der Waals surface area contributed by atoms with Gasteiger partial charge in [0, 0.05) is 31.0 Å². The molecule has 3 amide bonds. The number of ether oxygens (including phenoxy) is 1. The van der Waals surface area contributed by atoms with Gasteiger partial charge in [0.05, 0.1) is 18.2 Å². The molecular formula is C20H31N3O3. The molecule has 0 aromatic carbocycles. The van der Waals surface area contributed by atoms with Gasteiger partial charge in [-0.25, -0.2) is 4.79 Å². The predicted octanol–water partition coefficient (Wildman–Crippen LogP) is 2.20. The van der Waals surface area contributed by atoms with E-state index in [1.165, 1.54) is 0 Å². The van der Waals surface area contributed by atoms with Crippen LogP contribution in [0.25, 0.3) is 0 Å². The van der Waals surface area contributed by atoms with Crippen molar-refractivity contribution in [1.29, 1.82) is 0 Å². The third-order valence-electron chi connectivity index (χ3n) is 6.67. The highest BCUT2D eigenvalue weighted by molar-refractivity contribution is 5.79. The largest absolute Gasteiger partial charge is 0.376 e. The molecule has 26 heavy (non-hydrogen) atoms. The van der Waals surface area contributed by atoms with Gasteiger partial charge in [-0.3, -0.25) is 4.79 Å². The second-order valence-electron chi connectivity index (χ2n) is 8.80. The predicted molar refractivity (Wildman–Crippen MR) is 98.6 cm³/mol. The van der Waals surface area contributed by atoms with Crippen molar-refractivity contribution in [3.63, 3.8) is 0 Å². The first-order valence-corrected chi connectivity index (χ1v) is 10.1. The number of carbonyl (C=O) groups excluding carboxylic acids is 2. The molecule has 4 rings (SSSR count). The van der Waals surface area contributed by atoms with Gasteiger partial charge in [0.1, 0.15) is 0 Å². The van der Waals surface area contributed by atoms with Crippen molar-refractivity contribution in [3.8, 4) is 0 Å². The number of likely N-dealkylation sites (tertiary alicyclic amines) is 1. The molecular weight excluding hydrogens is 330 g/mol. The van der Waals surface area contributed by atoms with E-state index in [-0.39, 0.29) is 41.6 Å². The average Bonchev–Trinajstić information content (AvgIpc) is 3.26. The van der Waals surface area contributed by atoms with E-state index in [4.69, 9.17) is 4.74 Å². The summed E-state index contributed by atoms with van der Waals surface area (Å²) in [5, 5.41) is 6.30. The normalized spacial score (nSPS) is 35.7. The summed E-state index contributed by atoms with van der Waals surface area (Å²) in [6.07, 6.45) is 9.83. The number of carbonyl (C=O) groups is 2. The number of urea groups is 1. The fourth-order valence-electron chi connectivity index (χ4n) is 5.57. The van der Waals surface area contributed by atoms with Crippen LogP contribution in [0.4, 0.5) is 4.79 Å². The molecule has 0 aromatic rings. The van der Waals surface area contributed by atoms with E-state index in [2.05, 4.69) is 36.6 Å². The molecule has 0 saturated carbocycles. The van der Waals surface area contributed by atoms with Gasteiger partial charge < -0.3 is 20.3 Å². The molecule has 144 valence electrons. The number of hydrogen-bond donors (Lipinski definition) is 2. The zero-order valence-corrected chi connectivity index (χ0v) is 15.9. The lowest BCUT2D eigenvalue weighted by atomic mass is 9.65. The highest BCUT2D eigenvalue weighted by atomic mass is 16.5. The molecule has 0 bridgehead atoms. The molecule has 2 N–H and O–H groups in total. The summed E-state index contributed by atoms with van der Waals surface area (Å²) in [7, 11) is 0. The van der Waals surface area contributed by atoms with Crippen LogP contribution in [0.3, 0.4) is 0 Å². The average molecular weight is 361 g/mol. The Morgan fingerprint density at radius 2 is 2.12 bits per heavy atom. The van der Waals surface area contributed by atoms with Gasteiger partial charge in [-0.2, -0.15) is 0 Å². The van der Waals surface area contributed by atoms with Crippen molar-refractivity contribution in [3.05, 3.63) is 12.2 Å². The second-order valence-corrected chi connectivity index (χ2v) is 8.80. The summed E-state index contributed by atoms with van der Waals surface area (Å²) in [5.41, 5.74) is 0.250. The maximum Gasteiger partial charge on any atom is 0.317 e. The minimum absolute atomic E-state index is 0.0189. The van der Waals surface area contributed by atoms with Crippen LogP contribution < -0.4 is 10.6 Å². The molecule has 3 saturated heterocycles. The first-order valence-electron chi connectivity index (χ1n) is 10.1.